The second-order valence-electron chi connectivity index (χ2n) is 5.55. The number of nitrogens with one attached hydrogen (secondary N) is 1. The molecule has 0 atom stereocenters. The van der Waals surface area contributed by atoms with Crippen LogP contribution in [0.5, 0.6) is 5.75 Å². The number of nitrogens with zero attached hydrogens (tertiary/aromatic N) is 4. The van der Waals surface area contributed by atoms with Crippen molar-refractivity contribution < 1.29 is 4.74 Å². The fourth-order valence-corrected chi connectivity index (χ4v) is 4.14. The second-order valence-corrected chi connectivity index (χ2v) is 7.45. The van der Waals surface area contributed by atoms with Gasteiger partial charge < -0.3 is 10.1 Å². The molecule has 0 aliphatic heterocycles. The summed E-state index contributed by atoms with van der Waals surface area (Å²) < 4.78 is 7.00. The van der Waals surface area contributed by atoms with Crippen molar-refractivity contribution in [1.82, 2.24) is 19.6 Å². The maximum atomic E-state index is 5.19. The Kier molecular flexibility index (Phi) is 4.37. The van der Waals surface area contributed by atoms with E-state index in [-0.39, 0.29) is 0 Å². The molecule has 0 fully saturated rings. The van der Waals surface area contributed by atoms with Crippen molar-refractivity contribution in [2.24, 2.45) is 0 Å². The van der Waals surface area contributed by atoms with Crippen molar-refractivity contribution in [3.63, 3.8) is 0 Å². The van der Waals surface area contributed by atoms with Crippen molar-refractivity contribution in [2.75, 3.05) is 19.0 Å². The number of rotatable bonds is 6. The minimum atomic E-state index is 0.797. The van der Waals surface area contributed by atoms with Crippen LogP contribution in [0.2, 0.25) is 0 Å². The van der Waals surface area contributed by atoms with Crippen LogP contribution in [-0.4, -0.2) is 33.2 Å². The lowest BCUT2D eigenvalue weighted by Gasteiger charge is -2.01. The summed E-state index contributed by atoms with van der Waals surface area (Å²) in [7, 11) is 1.67. The van der Waals surface area contributed by atoms with Gasteiger partial charge in [0, 0.05) is 23.9 Å². The lowest BCUT2D eigenvalue weighted by molar-refractivity contribution is 0.415. The van der Waals surface area contributed by atoms with E-state index in [1.807, 2.05) is 41.9 Å². The zero-order valence-electron chi connectivity index (χ0n) is 13.9. The summed E-state index contributed by atoms with van der Waals surface area (Å²) in [6, 6.07) is 7.97. The number of anilines is 1. The topological polar surface area (TPSA) is 64.3 Å². The predicted molar refractivity (Wildman–Crippen MR) is 102 cm³/mol. The molecule has 128 valence electrons. The van der Waals surface area contributed by atoms with Crippen LogP contribution in [0.15, 0.2) is 35.8 Å². The third-order valence-corrected chi connectivity index (χ3v) is 5.51. The van der Waals surface area contributed by atoms with Crippen LogP contribution in [0, 0.1) is 6.92 Å². The highest BCUT2D eigenvalue weighted by atomic mass is 32.1. The molecule has 4 aromatic rings. The summed E-state index contributed by atoms with van der Waals surface area (Å²) >= 11 is 3.24. The smallest absolute Gasteiger partial charge is 0.214 e. The first-order chi connectivity index (χ1) is 12.2. The Hall–Kier alpha value is -2.45. The summed E-state index contributed by atoms with van der Waals surface area (Å²) in [5, 5.41) is 11.9. The second kappa shape index (κ2) is 6.81. The van der Waals surface area contributed by atoms with E-state index in [9.17, 15) is 0 Å². The Morgan fingerprint density at radius 3 is 2.80 bits per heavy atom. The molecule has 3 aromatic heterocycles. The third kappa shape index (κ3) is 3.49. The fraction of sp³-hybridized carbons (Fsp3) is 0.235. The summed E-state index contributed by atoms with van der Waals surface area (Å²) in [5.74, 6) is 0.855. The van der Waals surface area contributed by atoms with Crippen molar-refractivity contribution in [3.8, 4) is 17.0 Å². The van der Waals surface area contributed by atoms with Crippen LogP contribution in [0.4, 0.5) is 5.13 Å². The van der Waals surface area contributed by atoms with Gasteiger partial charge in [0.25, 0.3) is 0 Å². The normalized spacial score (nSPS) is 11.1. The zero-order valence-corrected chi connectivity index (χ0v) is 15.5. The largest absolute Gasteiger partial charge is 0.497 e. The average molecular weight is 371 g/mol. The molecule has 3 heterocycles. The summed E-state index contributed by atoms with van der Waals surface area (Å²) in [6.45, 7) is 2.77. The van der Waals surface area contributed by atoms with E-state index in [4.69, 9.17) is 9.72 Å². The molecular weight excluding hydrogens is 354 g/mol. The van der Waals surface area contributed by atoms with E-state index in [2.05, 4.69) is 20.8 Å². The van der Waals surface area contributed by atoms with Crippen LogP contribution < -0.4 is 10.1 Å². The predicted octanol–water partition coefficient (Wildman–Crippen LogP) is 3.89. The minimum Gasteiger partial charge on any atom is -0.497 e. The molecule has 0 radical (unpaired) electrons. The summed E-state index contributed by atoms with van der Waals surface area (Å²) in [5.41, 5.74) is 3.10. The number of benzene rings is 1. The molecule has 8 heteroatoms. The number of hydrogen-bond donors (Lipinski definition) is 1. The third-order valence-electron chi connectivity index (χ3n) is 3.72. The molecule has 0 saturated carbocycles. The lowest BCUT2D eigenvalue weighted by atomic mass is 10.2. The first-order valence-corrected chi connectivity index (χ1v) is 9.56. The Bertz CT molecular complexity index is 955. The van der Waals surface area contributed by atoms with Crippen LogP contribution >= 0.6 is 22.7 Å². The Labute approximate surface area is 153 Å². The van der Waals surface area contributed by atoms with Gasteiger partial charge in [-0.1, -0.05) is 11.3 Å². The van der Waals surface area contributed by atoms with Gasteiger partial charge >= 0.3 is 0 Å². The van der Waals surface area contributed by atoms with Gasteiger partial charge in [-0.25, -0.2) is 14.5 Å². The average Bonchev–Trinajstić information content (AvgIpc) is 3.30. The number of hydrogen-bond acceptors (Lipinski definition) is 7. The molecule has 0 aliphatic rings. The molecule has 0 spiro atoms. The first kappa shape index (κ1) is 16.0. The van der Waals surface area contributed by atoms with Gasteiger partial charge in [0.15, 0.2) is 0 Å². The highest BCUT2D eigenvalue weighted by Gasteiger charge is 2.07. The highest BCUT2D eigenvalue weighted by Crippen LogP contribution is 2.24. The number of thiazole rings is 1. The molecule has 0 bridgehead atoms. The number of fused-ring (bicyclic) bond motifs is 1. The molecule has 1 N–H and O–H groups in total. The number of aromatic nitrogens is 4. The number of aryl methyl sites for hydroxylation is 1. The van der Waals surface area contributed by atoms with Gasteiger partial charge in [-0.05, 0) is 31.2 Å². The van der Waals surface area contributed by atoms with Crippen LogP contribution in [0.25, 0.3) is 16.2 Å². The maximum absolute atomic E-state index is 5.19. The van der Waals surface area contributed by atoms with E-state index >= 15 is 0 Å². The fourth-order valence-electron chi connectivity index (χ4n) is 2.48. The van der Waals surface area contributed by atoms with Crippen molar-refractivity contribution in [1.29, 1.82) is 0 Å². The Morgan fingerprint density at radius 1 is 1.20 bits per heavy atom. The van der Waals surface area contributed by atoms with E-state index in [1.165, 1.54) is 0 Å². The van der Waals surface area contributed by atoms with Gasteiger partial charge in [-0.15, -0.1) is 16.4 Å². The Balaban J connectivity index is 1.36. The standard InChI is InChI=1S/C17H17N5OS2/c1-11-9-22-17(19-11)25-16(21-22)18-8-7-15-20-14(10-24-15)12-3-5-13(23-2)6-4-12/h3-6,9-10H,7-8H2,1-2H3,(H,18,21). The highest BCUT2D eigenvalue weighted by molar-refractivity contribution is 7.20. The van der Waals surface area contributed by atoms with Crippen molar-refractivity contribution >= 4 is 32.8 Å². The molecule has 0 saturated heterocycles. The molecule has 6 nitrogen and oxygen atoms in total. The summed E-state index contributed by atoms with van der Waals surface area (Å²) in [4.78, 5) is 10.0. The molecule has 4 rings (SSSR count). The van der Waals surface area contributed by atoms with E-state index in [1.54, 1.807) is 29.8 Å². The van der Waals surface area contributed by atoms with E-state index in [0.717, 1.165) is 50.8 Å². The molecule has 0 amide bonds. The van der Waals surface area contributed by atoms with Gasteiger partial charge in [-0.2, -0.15) is 0 Å². The summed E-state index contributed by atoms with van der Waals surface area (Å²) in [6.07, 6.45) is 2.79. The number of imidazole rings is 1. The van der Waals surface area contributed by atoms with E-state index < -0.39 is 0 Å². The lowest BCUT2D eigenvalue weighted by Crippen LogP contribution is -2.04. The van der Waals surface area contributed by atoms with Crippen LogP contribution in [-0.2, 0) is 6.42 Å². The maximum Gasteiger partial charge on any atom is 0.214 e. The molecule has 25 heavy (non-hydrogen) atoms. The van der Waals surface area contributed by atoms with Gasteiger partial charge in [0.1, 0.15) is 5.75 Å². The number of ether oxygens (including phenoxy) is 1. The molecule has 0 aliphatic carbocycles. The van der Waals surface area contributed by atoms with Crippen LogP contribution in [0.1, 0.15) is 10.7 Å². The van der Waals surface area contributed by atoms with Crippen LogP contribution in [0.3, 0.4) is 0 Å². The zero-order chi connectivity index (χ0) is 17.2. The van der Waals surface area contributed by atoms with Gasteiger partial charge in [0.05, 0.1) is 29.7 Å². The van der Waals surface area contributed by atoms with E-state index in [0.29, 0.717) is 0 Å². The van der Waals surface area contributed by atoms with Crippen molar-refractivity contribution in [2.45, 2.75) is 13.3 Å². The Morgan fingerprint density at radius 2 is 2.04 bits per heavy atom. The molecule has 0 unspecified atom stereocenters. The van der Waals surface area contributed by atoms with Gasteiger partial charge in [-0.3, -0.25) is 0 Å². The molecule has 1 aromatic carbocycles. The quantitative estimate of drug-likeness (QED) is 0.557. The molecular formula is C17H17N5OS2. The SMILES string of the molecule is COc1ccc(-c2csc(CCNc3nn4cc(C)nc4s3)n2)cc1. The number of methoxy groups -OCH3 is 1. The first-order valence-electron chi connectivity index (χ1n) is 7.87. The minimum absolute atomic E-state index is 0.797. The van der Waals surface area contributed by atoms with Gasteiger partial charge in [0.2, 0.25) is 10.1 Å². The monoisotopic (exact) mass is 371 g/mol. The van der Waals surface area contributed by atoms with Crippen molar-refractivity contribution in [3.05, 3.63) is 46.5 Å².